The molecule has 0 radical (unpaired) electrons. The molecule has 0 unspecified atom stereocenters. The van der Waals surface area contributed by atoms with Crippen molar-refractivity contribution < 1.29 is 14.3 Å². The van der Waals surface area contributed by atoms with Crippen LogP contribution in [-0.2, 0) is 16.1 Å². The van der Waals surface area contributed by atoms with Gasteiger partial charge in [0, 0.05) is 28.6 Å². The smallest absolute Gasteiger partial charge is 0.338 e. The SMILES string of the molecule is Cc1ccc(C)n1-c1ccc(C(=O)OCC(=O)NCc2cccc(Cl)c2)cc1. The van der Waals surface area contributed by atoms with Gasteiger partial charge in [0.1, 0.15) is 0 Å². The molecule has 0 aliphatic carbocycles. The van der Waals surface area contributed by atoms with E-state index in [0.717, 1.165) is 22.6 Å². The van der Waals surface area contributed by atoms with Gasteiger partial charge < -0.3 is 14.6 Å². The molecule has 0 aliphatic heterocycles. The standard InChI is InChI=1S/C22H21ClN2O3/c1-15-6-7-16(2)25(15)20-10-8-18(9-11-20)22(27)28-14-21(26)24-13-17-4-3-5-19(23)12-17/h3-12H,13-14H2,1-2H3,(H,24,26). The van der Waals surface area contributed by atoms with Crippen molar-refractivity contribution in [2.24, 2.45) is 0 Å². The molecule has 0 aliphatic rings. The minimum Gasteiger partial charge on any atom is -0.452 e. The number of benzene rings is 2. The topological polar surface area (TPSA) is 60.3 Å². The van der Waals surface area contributed by atoms with Crippen molar-refractivity contribution in [3.8, 4) is 5.69 Å². The number of amides is 1. The van der Waals surface area contributed by atoms with E-state index in [2.05, 4.69) is 9.88 Å². The van der Waals surface area contributed by atoms with E-state index in [-0.39, 0.29) is 12.5 Å². The number of halogens is 1. The van der Waals surface area contributed by atoms with E-state index in [1.807, 2.05) is 50.2 Å². The number of nitrogens with zero attached hydrogens (tertiary/aromatic N) is 1. The number of carbonyl (C=O) groups is 2. The number of hydrogen-bond donors (Lipinski definition) is 1. The molecule has 0 atom stereocenters. The largest absolute Gasteiger partial charge is 0.452 e. The minimum atomic E-state index is -0.537. The summed E-state index contributed by atoms with van der Waals surface area (Å²) in [5.41, 5.74) is 4.47. The van der Waals surface area contributed by atoms with Crippen LogP contribution < -0.4 is 5.32 Å². The third-order valence-electron chi connectivity index (χ3n) is 4.35. The van der Waals surface area contributed by atoms with Crippen molar-refractivity contribution in [2.75, 3.05) is 6.61 Å². The summed E-state index contributed by atoms with van der Waals surface area (Å²) < 4.78 is 7.19. The second kappa shape index (κ2) is 8.76. The van der Waals surface area contributed by atoms with E-state index in [9.17, 15) is 9.59 Å². The summed E-state index contributed by atoms with van der Waals surface area (Å²) in [5, 5.41) is 3.30. The Bertz CT molecular complexity index is 974. The van der Waals surface area contributed by atoms with Gasteiger partial charge in [-0.3, -0.25) is 4.79 Å². The molecule has 5 nitrogen and oxygen atoms in total. The maximum atomic E-state index is 12.2. The van der Waals surface area contributed by atoms with E-state index in [4.69, 9.17) is 16.3 Å². The zero-order valence-corrected chi connectivity index (χ0v) is 16.5. The molecule has 0 bridgehead atoms. The van der Waals surface area contributed by atoms with Gasteiger partial charge >= 0.3 is 5.97 Å². The minimum absolute atomic E-state index is 0.321. The number of aryl methyl sites for hydroxylation is 2. The predicted octanol–water partition coefficient (Wildman–Crippen LogP) is 4.22. The van der Waals surface area contributed by atoms with E-state index < -0.39 is 5.97 Å². The second-order valence-corrected chi connectivity index (χ2v) is 6.92. The van der Waals surface area contributed by atoms with Crippen LogP contribution in [0.15, 0.2) is 60.7 Å². The summed E-state index contributed by atoms with van der Waals surface area (Å²) in [6.07, 6.45) is 0. The Hall–Kier alpha value is -3.05. The molecule has 0 saturated heterocycles. The first-order valence-corrected chi connectivity index (χ1v) is 9.25. The van der Waals surface area contributed by atoms with Crippen LogP contribution in [0, 0.1) is 13.8 Å². The molecule has 3 aromatic rings. The average molecular weight is 397 g/mol. The van der Waals surface area contributed by atoms with Crippen LogP contribution in [0.2, 0.25) is 5.02 Å². The molecule has 2 aromatic carbocycles. The Labute approximate surface area is 168 Å². The maximum absolute atomic E-state index is 12.2. The first kappa shape index (κ1) is 19.7. The van der Waals surface area contributed by atoms with Crippen molar-refractivity contribution in [3.63, 3.8) is 0 Å². The Morgan fingerprint density at radius 1 is 1.00 bits per heavy atom. The lowest BCUT2D eigenvalue weighted by molar-refractivity contribution is -0.124. The van der Waals surface area contributed by atoms with Gasteiger partial charge in [-0.1, -0.05) is 23.7 Å². The van der Waals surface area contributed by atoms with Crippen molar-refractivity contribution in [3.05, 3.63) is 88.2 Å². The first-order chi connectivity index (χ1) is 13.4. The van der Waals surface area contributed by atoms with Crippen LogP contribution in [-0.4, -0.2) is 23.1 Å². The van der Waals surface area contributed by atoms with E-state index in [0.29, 0.717) is 17.1 Å². The maximum Gasteiger partial charge on any atom is 0.338 e. The Kier molecular flexibility index (Phi) is 6.16. The highest BCUT2D eigenvalue weighted by Crippen LogP contribution is 2.17. The molecule has 0 saturated carbocycles. The van der Waals surface area contributed by atoms with Gasteiger partial charge in [0.15, 0.2) is 6.61 Å². The predicted molar refractivity (Wildman–Crippen MR) is 109 cm³/mol. The summed E-state index contributed by atoms with van der Waals surface area (Å²) in [7, 11) is 0. The van der Waals surface area contributed by atoms with Crippen LogP contribution >= 0.6 is 11.6 Å². The molecule has 0 fully saturated rings. The van der Waals surface area contributed by atoms with Gasteiger partial charge in [-0.25, -0.2) is 4.79 Å². The zero-order valence-electron chi connectivity index (χ0n) is 15.7. The summed E-state index contributed by atoms with van der Waals surface area (Å²) >= 11 is 5.91. The lowest BCUT2D eigenvalue weighted by Gasteiger charge is -2.10. The normalized spacial score (nSPS) is 10.5. The molecule has 144 valence electrons. The third-order valence-corrected chi connectivity index (χ3v) is 4.58. The molecular weight excluding hydrogens is 376 g/mol. The fourth-order valence-corrected chi connectivity index (χ4v) is 3.15. The number of carbonyl (C=O) groups excluding carboxylic acids is 2. The molecule has 1 amide bonds. The van der Waals surface area contributed by atoms with Gasteiger partial charge in [-0.2, -0.15) is 0 Å². The van der Waals surface area contributed by atoms with Crippen LogP contribution in [0.5, 0.6) is 0 Å². The molecule has 1 aromatic heterocycles. The van der Waals surface area contributed by atoms with Crippen LogP contribution in [0.1, 0.15) is 27.3 Å². The van der Waals surface area contributed by atoms with Gasteiger partial charge in [-0.05, 0) is 67.9 Å². The van der Waals surface area contributed by atoms with Crippen LogP contribution in [0.3, 0.4) is 0 Å². The lowest BCUT2D eigenvalue weighted by Crippen LogP contribution is -2.28. The summed E-state index contributed by atoms with van der Waals surface area (Å²) in [6.45, 7) is 4.03. The van der Waals surface area contributed by atoms with E-state index in [1.165, 1.54) is 0 Å². The fraction of sp³-hybridized carbons (Fsp3) is 0.182. The van der Waals surface area contributed by atoms with Gasteiger partial charge in [0.05, 0.1) is 5.56 Å². The Morgan fingerprint density at radius 3 is 2.32 bits per heavy atom. The number of rotatable bonds is 6. The average Bonchev–Trinajstić information content (AvgIpc) is 3.03. The van der Waals surface area contributed by atoms with Gasteiger partial charge in [-0.15, -0.1) is 0 Å². The quantitative estimate of drug-likeness (QED) is 0.634. The molecule has 1 N–H and O–H groups in total. The number of nitrogens with one attached hydrogen (secondary N) is 1. The molecule has 6 heteroatoms. The van der Waals surface area contributed by atoms with Crippen molar-refractivity contribution in [2.45, 2.75) is 20.4 Å². The van der Waals surface area contributed by atoms with Crippen molar-refractivity contribution >= 4 is 23.5 Å². The molecule has 28 heavy (non-hydrogen) atoms. The van der Waals surface area contributed by atoms with E-state index >= 15 is 0 Å². The van der Waals surface area contributed by atoms with Crippen molar-refractivity contribution in [1.29, 1.82) is 0 Å². The molecule has 1 heterocycles. The molecule has 0 spiro atoms. The van der Waals surface area contributed by atoms with Gasteiger partial charge in [0.25, 0.3) is 5.91 Å². The van der Waals surface area contributed by atoms with Crippen LogP contribution in [0.4, 0.5) is 0 Å². The summed E-state index contributed by atoms with van der Waals surface area (Å²) in [6, 6.07) is 18.4. The number of ether oxygens (including phenoxy) is 1. The van der Waals surface area contributed by atoms with Crippen LogP contribution in [0.25, 0.3) is 5.69 Å². The number of hydrogen-bond acceptors (Lipinski definition) is 3. The monoisotopic (exact) mass is 396 g/mol. The fourth-order valence-electron chi connectivity index (χ4n) is 2.94. The molecular formula is C22H21ClN2O3. The first-order valence-electron chi connectivity index (χ1n) is 8.87. The van der Waals surface area contributed by atoms with Gasteiger partial charge in [0.2, 0.25) is 0 Å². The Balaban J connectivity index is 1.52. The zero-order chi connectivity index (χ0) is 20.1. The molecule has 3 rings (SSSR count). The lowest BCUT2D eigenvalue weighted by atomic mass is 10.2. The highest BCUT2D eigenvalue weighted by atomic mass is 35.5. The van der Waals surface area contributed by atoms with E-state index in [1.54, 1.807) is 24.3 Å². The number of esters is 1. The summed E-state index contributed by atoms with van der Waals surface area (Å²) in [4.78, 5) is 24.1. The highest BCUT2D eigenvalue weighted by Gasteiger charge is 2.11. The number of aromatic nitrogens is 1. The Morgan fingerprint density at radius 2 is 1.68 bits per heavy atom. The summed E-state index contributed by atoms with van der Waals surface area (Å²) in [5.74, 6) is -0.908. The van der Waals surface area contributed by atoms with Crippen molar-refractivity contribution in [1.82, 2.24) is 9.88 Å². The third kappa shape index (κ3) is 4.81. The second-order valence-electron chi connectivity index (χ2n) is 6.48. The highest BCUT2D eigenvalue weighted by molar-refractivity contribution is 6.30.